The minimum atomic E-state index is -0.947. The number of nitrogens with zero attached hydrogens (tertiary/aromatic N) is 1. The number of rotatable bonds is 2. The summed E-state index contributed by atoms with van der Waals surface area (Å²) in [6.07, 6.45) is 1.48. The first-order valence-corrected chi connectivity index (χ1v) is 6.90. The molecule has 0 fully saturated rings. The highest BCUT2D eigenvalue weighted by molar-refractivity contribution is 9.10. The molecule has 3 aromatic rings. The molecule has 2 aromatic carbocycles. The summed E-state index contributed by atoms with van der Waals surface area (Å²) in [6, 6.07) is 9.41. The summed E-state index contributed by atoms with van der Waals surface area (Å²) in [5.74, 6) is -1.87. The lowest BCUT2D eigenvalue weighted by atomic mass is 10.1. The number of pyridine rings is 1. The zero-order chi connectivity index (χ0) is 15.0. The summed E-state index contributed by atoms with van der Waals surface area (Å²) < 4.78 is 27.9. The van der Waals surface area contributed by atoms with Crippen molar-refractivity contribution in [1.82, 2.24) is 4.98 Å². The molecule has 0 saturated carbocycles. The fraction of sp³-hybridized carbons (Fsp3) is 0. The van der Waals surface area contributed by atoms with Gasteiger partial charge in [0.1, 0.15) is 0 Å². The van der Waals surface area contributed by atoms with E-state index >= 15 is 0 Å². The number of nitrogens with two attached hydrogens (primary N) is 1. The number of nitrogens with one attached hydrogen (secondary N) is 1. The Balaban J connectivity index is 2.18. The van der Waals surface area contributed by atoms with Gasteiger partial charge in [-0.15, -0.1) is 0 Å². The highest BCUT2D eigenvalue weighted by Crippen LogP contribution is 2.33. The number of benzene rings is 2. The van der Waals surface area contributed by atoms with Crippen LogP contribution >= 0.6 is 15.9 Å². The number of hydrogen-bond acceptors (Lipinski definition) is 3. The summed E-state index contributed by atoms with van der Waals surface area (Å²) in [4.78, 5) is 4.21. The van der Waals surface area contributed by atoms with Crippen molar-refractivity contribution in [3.05, 3.63) is 58.7 Å². The zero-order valence-corrected chi connectivity index (χ0v) is 12.3. The van der Waals surface area contributed by atoms with Gasteiger partial charge in [-0.3, -0.25) is 4.98 Å². The van der Waals surface area contributed by atoms with Crippen molar-refractivity contribution in [3.8, 4) is 0 Å². The van der Waals surface area contributed by atoms with E-state index in [4.69, 9.17) is 5.73 Å². The van der Waals surface area contributed by atoms with E-state index in [0.717, 1.165) is 10.5 Å². The van der Waals surface area contributed by atoms with Crippen LogP contribution in [-0.4, -0.2) is 4.98 Å². The Morgan fingerprint density at radius 1 is 1.14 bits per heavy atom. The third kappa shape index (κ3) is 2.54. The third-order valence-corrected chi connectivity index (χ3v) is 3.56. The normalized spacial score (nSPS) is 10.8. The first-order valence-electron chi connectivity index (χ1n) is 6.11. The SMILES string of the molecule is Nc1cnc2ccc(Br)cc2c1Nc1cccc(F)c1F. The minimum Gasteiger partial charge on any atom is -0.396 e. The van der Waals surface area contributed by atoms with Gasteiger partial charge in [-0.25, -0.2) is 8.78 Å². The molecule has 3 nitrogen and oxygen atoms in total. The molecule has 0 amide bonds. The molecule has 0 radical (unpaired) electrons. The van der Waals surface area contributed by atoms with Gasteiger partial charge < -0.3 is 11.1 Å². The van der Waals surface area contributed by atoms with Crippen molar-refractivity contribution in [2.75, 3.05) is 11.1 Å². The molecule has 106 valence electrons. The topological polar surface area (TPSA) is 50.9 Å². The smallest absolute Gasteiger partial charge is 0.182 e. The van der Waals surface area contributed by atoms with Crippen LogP contribution in [0.25, 0.3) is 10.9 Å². The van der Waals surface area contributed by atoms with Crippen LogP contribution in [0, 0.1) is 11.6 Å². The van der Waals surface area contributed by atoms with Crippen molar-refractivity contribution in [2.24, 2.45) is 0 Å². The Labute approximate surface area is 127 Å². The van der Waals surface area contributed by atoms with Crippen LogP contribution in [0.4, 0.5) is 25.8 Å². The van der Waals surface area contributed by atoms with Gasteiger partial charge in [-0.2, -0.15) is 0 Å². The van der Waals surface area contributed by atoms with Gasteiger partial charge in [-0.05, 0) is 30.3 Å². The molecule has 0 bridgehead atoms. The summed E-state index contributed by atoms with van der Waals surface area (Å²) in [5, 5.41) is 3.57. The molecule has 0 aliphatic heterocycles. The molecule has 6 heteroatoms. The highest BCUT2D eigenvalue weighted by atomic mass is 79.9. The summed E-state index contributed by atoms with van der Waals surface area (Å²) >= 11 is 3.37. The number of hydrogen-bond donors (Lipinski definition) is 2. The number of aromatic nitrogens is 1. The summed E-state index contributed by atoms with van der Waals surface area (Å²) in [5.41, 5.74) is 7.48. The monoisotopic (exact) mass is 349 g/mol. The molecule has 0 aliphatic carbocycles. The summed E-state index contributed by atoms with van der Waals surface area (Å²) in [7, 11) is 0. The molecular weight excluding hydrogens is 340 g/mol. The van der Waals surface area contributed by atoms with Gasteiger partial charge in [0.25, 0.3) is 0 Å². The number of halogens is 3. The van der Waals surface area contributed by atoms with E-state index in [0.29, 0.717) is 22.3 Å². The number of nitrogen functional groups attached to an aromatic ring is 1. The Hall–Kier alpha value is -2.21. The third-order valence-electron chi connectivity index (χ3n) is 3.07. The second-order valence-corrected chi connectivity index (χ2v) is 5.39. The standard InChI is InChI=1S/C15H10BrF2N3/c16-8-4-5-12-9(6-8)15(11(19)7-20-12)21-13-3-1-2-10(17)14(13)18/h1-7H,19H2,(H,20,21). The molecule has 21 heavy (non-hydrogen) atoms. The van der Waals surface area contributed by atoms with E-state index < -0.39 is 11.6 Å². The molecule has 3 rings (SSSR count). The van der Waals surface area contributed by atoms with E-state index in [1.165, 1.54) is 18.3 Å². The molecule has 0 aliphatic rings. The van der Waals surface area contributed by atoms with Crippen molar-refractivity contribution < 1.29 is 8.78 Å². The molecule has 0 spiro atoms. The van der Waals surface area contributed by atoms with Crippen LogP contribution in [-0.2, 0) is 0 Å². The van der Waals surface area contributed by atoms with Gasteiger partial charge in [0.2, 0.25) is 0 Å². The van der Waals surface area contributed by atoms with Crippen molar-refractivity contribution in [1.29, 1.82) is 0 Å². The summed E-state index contributed by atoms with van der Waals surface area (Å²) in [6.45, 7) is 0. The predicted octanol–water partition coefficient (Wildman–Crippen LogP) is 4.60. The van der Waals surface area contributed by atoms with Crippen molar-refractivity contribution in [3.63, 3.8) is 0 Å². The van der Waals surface area contributed by atoms with Crippen LogP contribution in [0.15, 0.2) is 47.1 Å². The van der Waals surface area contributed by atoms with E-state index in [9.17, 15) is 8.78 Å². The second-order valence-electron chi connectivity index (χ2n) is 4.48. The predicted molar refractivity (Wildman–Crippen MR) is 83.5 cm³/mol. The minimum absolute atomic E-state index is 0.0224. The van der Waals surface area contributed by atoms with Crippen LogP contribution in [0.5, 0.6) is 0 Å². The van der Waals surface area contributed by atoms with E-state index in [2.05, 4.69) is 26.2 Å². The Morgan fingerprint density at radius 2 is 1.95 bits per heavy atom. The molecule has 0 atom stereocenters. The average molecular weight is 350 g/mol. The van der Waals surface area contributed by atoms with Crippen molar-refractivity contribution >= 4 is 43.9 Å². The van der Waals surface area contributed by atoms with E-state index in [-0.39, 0.29) is 5.69 Å². The maximum absolute atomic E-state index is 13.8. The van der Waals surface area contributed by atoms with Gasteiger partial charge in [0, 0.05) is 9.86 Å². The average Bonchev–Trinajstić information content (AvgIpc) is 2.46. The molecule has 0 unspecified atom stereocenters. The van der Waals surface area contributed by atoms with Crippen molar-refractivity contribution in [2.45, 2.75) is 0 Å². The quantitative estimate of drug-likeness (QED) is 0.710. The van der Waals surface area contributed by atoms with Gasteiger partial charge >= 0.3 is 0 Å². The Bertz CT molecular complexity index is 831. The van der Waals surface area contributed by atoms with E-state index in [1.54, 1.807) is 0 Å². The van der Waals surface area contributed by atoms with Gasteiger partial charge in [0.05, 0.1) is 28.8 Å². The fourth-order valence-electron chi connectivity index (χ4n) is 2.05. The Morgan fingerprint density at radius 3 is 2.76 bits per heavy atom. The molecule has 1 aromatic heterocycles. The fourth-order valence-corrected chi connectivity index (χ4v) is 2.42. The molecule has 1 heterocycles. The zero-order valence-electron chi connectivity index (χ0n) is 10.7. The van der Waals surface area contributed by atoms with Crippen LogP contribution < -0.4 is 11.1 Å². The molecular formula is C15H10BrF2N3. The molecule has 3 N–H and O–H groups in total. The second kappa shape index (κ2) is 5.29. The van der Waals surface area contributed by atoms with Crippen LogP contribution in [0.3, 0.4) is 0 Å². The highest BCUT2D eigenvalue weighted by Gasteiger charge is 2.12. The largest absolute Gasteiger partial charge is 0.396 e. The Kier molecular flexibility index (Phi) is 3.47. The number of fused-ring (bicyclic) bond motifs is 1. The van der Waals surface area contributed by atoms with Gasteiger partial charge in [-0.1, -0.05) is 22.0 Å². The first kappa shape index (κ1) is 13.8. The first-order chi connectivity index (χ1) is 10.1. The van der Waals surface area contributed by atoms with Gasteiger partial charge in [0.15, 0.2) is 11.6 Å². The lowest BCUT2D eigenvalue weighted by molar-refractivity contribution is 0.512. The van der Waals surface area contributed by atoms with E-state index in [1.807, 2.05) is 18.2 Å². The maximum atomic E-state index is 13.8. The lowest BCUT2D eigenvalue weighted by Crippen LogP contribution is -2.01. The maximum Gasteiger partial charge on any atom is 0.182 e. The lowest BCUT2D eigenvalue weighted by Gasteiger charge is -2.13. The van der Waals surface area contributed by atoms with Crippen LogP contribution in [0.1, 0.15) is 0 Å². The van der Waals surface area contributed by atoms with Crippen LogP contribution in [0.2, 0.25) is 0 Å². The number of anilines is 3. The molecule has 0 saturated heterocycles.